The van der Waals surface area contributed by atoms with Gasteiger partial charge in [-0.25, -0.2) is 4.79 Å². The van der Waals surface area contributed by atoms with Gasteiger partial charge in [-0.1, -0.05) is 18.2 Å². The molecule has 0 aliphatic heterocycles. The van der Waals surface area contributed by atoms with Crippen LogP contribution in [0.5, 0.6) is 17.2 Å². The van der Waals surface area contributed by atoms with Crippen molar-refractivity contribution in [1.29, 1.82) is 0 Å². The zero-order valence-electron chi connectivity index (χ0n) is 15.0. The maximum Gasteiger partial charge on any atom is 0.344 e. The van der Waals surface area contributed by atoms with Crippen LogP contribution < -0.4 is 14.8 Å². The Morgan fingerprint density at radius 1 is 1.00 bits per heavy atom. The van der Waals surface area contributed by atoms with E-state index in [1.165, 1.54) is 12.1 Å². The smallest absolute Gasteiger partial charge is 0.344 e. The lowest BCUT2D eigenvalue weighted by atomic mass is 10.3. The highest BCUT2D eigenvalue weighted by molar-refractivity contribution is 5.71. The number of nitrogens with one attached hydrogen (secondary N) is 1. The summed E-state index contributed by atoms with van der Waals surface area (Å²) >= 11 is 0. The number of para-hydroxylation sites is 1. The number of hydrogen-bond donors (Lipinski definition) is 3. The maximum atomic E-state index is 11.6. The van der Waals surface area contributed by atoms with Crippen molar-refractivity contribution in [2.75, 3.05) is 32.9 Å². The molecule has 0 heterocycles. The molecule has 0 fully saturated rings. The van der Waals surface area contributed by atoms with Gasteiger partial charge in [-0.3, -0.25) is 0 Å². The normalized spacial score (nSPS) is 11.6. The molecule has 2 rings (SSSR count). The summed E-state index contributed by atoms with van der Waals surface area (Å²) in [6, 6.07) is 15.4. The van der Waals surface area contributed by atoms with Gasteiger partial charge < -0.3 is 29.7 Å². The first-order valence-corrected chi connectivity index (χ1v) is 8.77. The van der Waals surface area contributed by atoms with Gasteiger partial charge in [0.15, 0.2) is 6.61 Å². The van der Waals surface area contributed by atoms with Gasteiger partial charge in [0.1, 0.15) is 30.0 Å². The van der Waals surface area contributed by atoms with Crippen LogP contribution in [0.25, 0.3) is 0 Å². The molecule has 3 N–H and O–H groups in total. The Balaban J connectivity index is 1.45. The number of phenolic OH excluding ortho intramolecular Hbond substituents is 1. The molecule has 1 atom stereocenters. The maximum absolute atomic E-state index is 11.6. The minimum absolute atomic E-state index is 0.120. The average Bonchev–Trinajstić information content (AvgIpc) is 2.69. The van der Waals surface area contributed by atoms with E-state index in [1.807, 2.05) is 18.2 Å². The fourth-order valence-corrected chi connectivity index (χ4v) is 2.15. The predicted molar refractivity (Wildman–Crippen MR) is 100.0 cm³/mol. The van der Waals surface area contributed by atoms with Crippen LogP contribution in [0, 0.1) is 0 Å². The number of phenols is 1. The molecular weight excluding hydrogens is 350 g/mol. The van der Waals surface area contributed by atoms with Gasteiger partial charge in [0.2, 0.25) is 0 Å². The highest BCUT2D eigenvalue weighted by atomic mass is 16.6. The highest BCUT2D eigenvalue weighted by Gasteiger charge is 2.06. The van der Waals surface area contributed by atoms with Gasteiger partial charge in [-0.05, 0) is 49.4 Å². The summed E-state index contributed by atoms with van der Waals surface area (Å²) in [5.41, 5.74) is 0. The Hall–Kier alpha value is -2.77. The minimum atomic E-state index is -0.666. The summed E-state index contributed by atoms with van der Waals surface area (Å²) in [7, 11) is 0. The van der Waals surface area contributed by atoms with Crippen LogP contribution in [-0.4, -0.2) is 55.2 Å². The van der Waals surface area contributed by atoms with E-state index in [0.29, 0.717) is 31.0 Å². The van der Waals surface area contributed by atoms with E-state index in [2.05, 4.69) is 5.32 Å². The van der Waals surface area contributed by atoms with Gasteiger partial charge in [0.05, 0.1) is 6.61 Å². The molecule has 146 valence electrons. The van der Waals surface area contributed by atoms with Crippen molar-refractivity contribution in [3.63, 3.8) is 0 Å². The number of aliphatic hydroxyl groups excluding tert-OH is 1. The van der Waals surface area contributed by atoms with Gasteiger partial charge in [0.25, 0.3) is 0 Å². The zero-order valence-corrected chi connectivity index (χ0v) is 15.0. The van der Waals surface area contributed by atoms with Crippen LogP contribution in [0.4, 0.5) is 0 Å². The second kappa shape index (κ2) is 11.8. The molecule has 1 unspecified atom stereocenters. The molecule has 0 amide bonds. The van der Waals surface area contributed by atoms with E-state index in [4.69, 9.17) is 14.2 Å². The third kappa shape index (κ3) is 8.94. The number of aromatic hydroxyl groups is 1. The van der Waals surface area contributed by atoms with E-state index >= 15 is 0 Å². The van der Waals surface area contributed by atoms with Gasteiger partial charge >= 0.3 is 5.97 Å². The summed E-state index contributed by atoms with van der Waals surface area (Å²) in [4.78, 5) is 11.6. The van der Waals surface area contributed by atoms with Crippen molar-refractivity contribution in [2.45, 2.75) is 12.5 Å². The molecule has 7 heteroatoms. The van der Waals surface area contributed by atoms with Crippen molar-refractivity contribution in [2.24, 2.45) is 0 Å². The largest absolute Gasteiger partial charge is 0.508 e. The van der Waals surface area contributed by atoms with Crippen LogP contribution >= 0.6 is 0 Å². The molecule has 0 aromatic heterocycles. The van der Waals surface area contributed by atoms with Crippen molar-refractivity contribution >= 4 is 5.97 Å². The van der Waals surface area contributed by atoms with Crippen molar-refractivity contribution < 1.29 is 29.2 Å². The quantitative estimate of drug-likeness (QED) is 0.384. The molecule has 0 aliphatic carbocycles. The Labute approximate surface area is 158 Å². The summed E-state index contributed by atoms with van der Waals surface area (Å²) in [6.45, 7) is 1.27. The van der Waals surface area contributed by atoms with Crippen molar-refractivity contribution in [3.05, 3.63) is 54.6 Å². The van der Waals surface area contributed by atoms with Crippen molar-refractivity contribution in [1.82, 2.24) is 5.32 Å². The first-order chi connectivity index (χ1) is 13.1. The Morgan fingerprint density at radius 2 is 1.70 bits per heavy atom. The van der Waals surface area contributed by atoms with E-state index in [9.17, 15) is 15.0 Å². The minimum Gasteiger partial charge on any atom is -0.508 e. The number of hydrogen-bond acceptors (Lipinski definition) is 7. The number of ether oxygens (including phenoxy) is 3. The Kier molecular flexibility index (Phi) is 8.95. The third-order valence-electron chi connectivity index (χ3n) is 3.52. The molecule has 27 heavy (non-hydrogen) atoms. The fourth-order valence-electron chi connectivity index (χ4n) is 2.15. The second-order valence-electron chi connectivity index (χ2n) is 5.84. The molecule has 0 aliphatic rings. The van der Waals surface area contributed by atoms with Gasteiger partial charge in [0, 0.05) is 6.54 Å². The van der Waals surface area contributed by atoms with Crippen LogP contribution in [0.2, 0.25) is 0 Å². The lowest BCUT2D eigenvalue weighted by molar-refractivity contribution is -0.146. The van der Waals surface area contributed by atoms with E-state index in [0.717, 1.165) is 0 Å². The Bertz CT molecular complexity index is 662. The number of rotatable bonds is 12. The highest BCUT2D eigenvalue weighted by Crippen LogP contribution is 2.15. The van der Waals surface area contributed by atoms with Crippen LogP contribution in [-0.2, 0) is 9.53 Å². The topological polar surface area (TPSA) is 97.3 Å². The Morgan fingerprint density at radius 3 is 2.44 bits per heavy atom. The standard InChI is InChI=1S/C20H25NO6/c22-16-7-9-19(10-8-16)26-14-17(23)13-21-11-4-12-25-20(24)15-27-18-5-2-1-3-6-18/h1-3,5-10,17,21-23H,4,11-15H2. The van der Waals surface area contributed by atoms with Crippen LogP contribution in [0.15, 0.2) is 54.6 Å². The molecule has 0 bridgehead atoms. The van der Waals surface area contributed by atoms with Crippen molar-refractivity contribution in [3.8, 4) is 17.2 Å². The van der Waals surface area contributed by atoms with Gasteiger partial charge in [-0.2, -0.15) is 0 Å². The average molecular weight is 375 g/mol. The van der Waals surface area contributed by atoms with E-state index < -0.39 is 12.1 Å². The SMILES string of the molecule is O=C(COc1ccccc1)OCCCNCC(O)COc1ccc(O)cc1. The number of carbonyl (C=O) groups excluding carboxylic acids is 1. The number of benzene rings is 2. The fraction of sp³-hybridized carbons (Fsp3) is 0.350. The van der Waals surface area contributed by atoms with E-state index in [-0.39, 0.29) is 25.6 Å². The molecule has 2 aromatic rings. The molecular formula is C20H25NO6. The number of esters is 1. The monoisotopic (exact) mass is 375 g/mol. The number of aliphatic hydroxyl groups is 1. The second-order valence-corrected chi connectivity index (χ2v) is 5.84. The summed E-state index contributed by atoms with van der Waals surface area (Å²) in [5.74, 6) is 0.953. The lowest BCUT2D eigenvalue weighted by Gasteiger charge is -2.13. The summed E-state index contributed by atoms with van der Waals surface area (Å²) in [5, 5.41) is 22.1. The van der Waals surface area contributed by atoms with Gasteiger partial charge in [-0.15, -0.1) is 0 Å². The molecule has 7 nitrogen and oxygen atoms in total. The van der Waals surface area contributed by atoms with Crippen LogP contribution in [0.3, 0.4) is 0 Å². The predicted octanol–water partition coefficient (Wildman–Crippen LogP) is 1.73. The van der Waals surface area contributed by atoms with E-state index in [1.54, 1.807) is 24.3 Å². The molecule has 0 saturated carbocycles. The molecule has 0 radical (unpaired) electrons. The zero-order chi connectivity index (χ0) is 19.3. The summed E-state index contributed by atoms with van der Waals surface area (Å²) < 4.78 is 15.8. The first kappa shape index (κ1) is 20.5. The third-order valence-corrected chi connectivity index (χ3v) is 3.52. The molecule has 0 saturated heterocycles. The summed E-state index contributed by atoms with van der Waals surface area (Å²) in [6.07, 6.45) is -0.0385. The van der Waals surface area contributed by atoms with Crippen LogP contribution in [0.1, 0.15) is 6.42 Å². The lowest BCUT2D eigenvalue weighted by Crippen LogP contribution is -2.32. The molecule has 2 aromatic carbocycles. The first-order valence-electron chi connectivity index (χ1n) is 8.77. The number of carbonyl (C=O) groups is 1. The molecule has 0 spiro atoms.